The molecule has 0 aliphatic carbocycles. The number of rotatable bonds is 10. The minimum Gasteiger partial charge on any atom is -0.480 e. The molecular weight excluding hydrogens is 392 g/mol. The highest BCUT2D eigenvalue weighted by Gasteiger charge is 2.21. The van der Waals surface area contributed by atoms with E-state index in [0.29, 0.717) is 19.8 Å². The molecule has 1 heterocycles. The van der Waals surface area contributed by atoms with E-state index in [1.165, 1.54) is 12.1 Å². The molecule has 1 amide bonds. The van der Waals surface area contributed by atoms with E-state index in [0.717, 1.165) is 32.1 Å². The number of nitrogens with one attached hydrogen (secondary N) is 2. The zero-order valence-corrected chi connectivity index (χ0v) is 16.0. The standard InChI is InChI=1S/C17H23ClN4O6/c18-13-3-2-12(10-15(13)22(26)27)20-16(23)11-14(17(24)25)19-4-1-5-21-6-8-28-9-7-21/h2-3,10,14,19H,1,4-9,11H2,(H,20,23)(H,24,25). The number of morpholine rings is 1. The minimum absolute atomic E-state index is 0.0478. The topological polar surface area (TPSA) is 134 Å². The number of nitro benzene ring substituents is 1. The number of carboxylic acid groups (broad SMARTS) is 1. The molecule has 2 rings (SSSR count). The molecule has 0 radical (unpaired) electrons. The van der Waals surface area contributed by atoms with E-state index in [4.69, 9.17) is 16.3 Å². The number of carbonyl (C=O) groups is 2. The molecule has 1 aliphatic rings. The van der Waals surface area contributed by atoms with Crippen LogP contribution in [0.5, 0.6) is 0 Å². The normalized spacial score (nSPS) is 15.8. The molecule has 3 N–H and O–H groups in total. The maximum Gasteiger partial charge on any atom is 0.321 e. The summed E-state index contributed by atoms with van der Waals surface area (Å²) in [5, 5.41) is 25.5. The summed E-state index contributed by atoms with van der Waals surface area (Å²) in [6.45, 7) is 4.40. The summed E-state index contributed by atoms with van der Waals surface area (Å²) in [5.74, 6) is -1.70. The molecule has 1 aromatic rings. The lowest BCUT2D eigenvalue weighted by atomic mass is 10.2. The van der Waals surface area contributed by atoms with Crippen LogP contribution >= 0.6 is 11.6 Å². The SMILES string of the molecule is O=C(CC(NCCCN1CCOCC1)C(=O)O)Nc1ccc(Cl)c([N+](=O)[O-])c1. The molecule has 1 atom stereocenters. The second-order valence-corrected chi connectivity index (χ2v) is 6.74. The summed E-state index contributed by atoms with van der Waals surface area (Å²) in [6.07, 6.45) is 0.443. The first-order valence-corrected chi connectivity index (χ1v) is 9.24. The summed E-state index contributed by atoms with van der Waals surface area (Å²) in [4.78, 5) is 36.0. The second kappa shape index (κ2) is 10.9. The molecule has 1 aromatic carbocycles. The molecule has 1 unspecified atom stereocenters. The Labute approximate surface area is 166 Å². The molecule has 1 fully saturated rings. The van der Waals surface area contributed by atoms with E-state index in [-0.39, 0.29) is 22.8 Å². The van der Waals surface area contributed by atoms with Gasteiger partial charge < -0.3 is 20.5 Å². The van der Waals surface area contributed by atoms with Gasteiger partial charge in [0.15, 0.2) is 0 Å². The number of amides is 1. The van der Waals surface area contributed by atoms with E-state index in [1.807, 2.05) is 0 Å². The lowest BCUT2D eigenvalue weighted by Crippen LogP contribution is -2.42. The van der Waals surface area contributed by atoms with Gasteiger partial charge in [-0.05, 0) is 31.6 Å². The average molecular weight is 415 g/mol. The summed E-state index contributed by atoms with van der Waals surface area (Å²) in [6, 6.07) is 2.80. The third-order valence-electron chi connectivity index (χ3n) is 4.26. The van der Waals surface area contributed by atoms with E-state index in [1.54, 1.807) is 0 Å². The quantitative estimate of drug-likeness (QED) is 0.296. The number of aliphatic carboxylic acids is 1. The molecule has 0 saturated carbocycles. The van der Waals surface area contributed by atoms with Crippen LogP contribution in [-0.2, 0) is 14.3 Å². The van der Waals surface area contributed by atoms with Gasteiger partial charge in [-0.15, -0.1) is 0 Å². The number of nitrogens with zero attached hydrogens (tertiary/aromatic N) is 2. The number of carbonyl (C=O) groups excluding carboxylic acids is 1. The fourth-order valence-electron chi connectivity index (χ4n) is 2.78. The van der Waals surface area contributed by atoms with Crippen LogP contribution in [0.15, 0.2) is 18.2 Å². The molecule has 0 bridgehead atoms. The van der Waals surface area contributed by atoms with Crippen molar-refractivity contribution in [3.63, 3.8) is 0 Å². The molecule has 0 aromatic heterocycles. The Balaban J connectivity index is 1.80. The Morgan fingerprint density at radius 3 is 2.71 bits per heavy atom. The van der Waals surface area contributed by atoms with Crippen LogP contribution < -0.4 is 10.6 Å². The summed E-state index contributed by atoms with van der Waals surface area (Å²) < 4.78 is 5.27. The number of ether oxygens (including phenoxy) is 1. The van der Waals surface area contributed by atoms with Crippen molar-refractivity contribution >= 4 is 34.9 Å². The summed E-state index contributed by atoms with van der Waals surface area (Å²) >= 11 is 5.73. The zero-order valence-electron chi connectivity index (χ0n) is 15.2. The van der Waals surface area contributed by atoms with Gasteiger partial charge in [0.25, 0.3) is 5.69 Å². The van der Waals surface area contributed by atoms with E-state index in [2.05, 4.69) is 15.5 Å². The Bertz CT molecular complexity index is 711. The van der Waals surface area contributed by atoms with Crippen molar-refractivity contribution in [3.05, 3.63) is 33.3 Å². The van der Waals surface area contributed by atoms with Gasteiger partial charge in [0, 0.05) is 24.8 Å². The van der Waals surface area contributed by atoms with Gasteiger partial charge >= 0.3 is 5.97 Å². The first kappa shape index (κ1) is 22.0. The second-order valence-electron chi connectivity index (χ2n) is 6.33. The molecule has 0 spiro atoms. The van der Waals surface area contributed by atoms with Gasteiger partial charge in [-0.25, -0.2) is 0 Å². The highest BCUT2D eigenvalue weighted by molar-refractivity contribution is 6.32. The fourth-order valence-corrected chi connectivity index (χ4v) is 2.96. The predicted molar refractivity (Wildman–Crippen MR) is 103 cm³/mol. The predicted octanol–water partition coefficient (Wildman–Crippen LogP) is 1.34. The van der Waals surface area contributed by atoms with Crippen molar-refractivity contribution in [1.29, 1.82) is 0 Å². The van der Waals surface area contributed by atoms with Crippen LogP contribution in [0.2, 0.25) is 5.02 Å². The first-order valence-electron chi connectivity index (χ1n) is 8.87. The molecule has 28 heavy (non-hydrogen) atoms. The van der Waals surface area contributed by atoms with Crippen LogP contribution in [-0.4, -0.2) is 72.2 Å². The Hall–Kier alpha value is -2.27. The number of hydrogen-bond acceptors (Lipinski definition) is 7. The Kier molecular flexibility index (Phi) is 8.58. The molecule has 10 nitrogen and oxygen atoms in total. The van der Waals surface area contributed by atoms with Crippen molar-refractivity contribution < 1.29 is 24.4 Å². The van der Waals surface area contributed by atoms with Crippen molar-refractivity contribution in [2.45, 2.75) is 18.9 Å². The van der Waals surface area contributed by atoms with Crippen LogP contribution in [0.3, 0.4) is 0 Å². The number of carboxylic acids is 1. The molecule has 154 valence electrons. The van der Waals surface area contributed by atoms with Crippen LogP contribution in [0.1, 0.15) is 12.8 Å². The lowest BCUT2D eigenvalue weighted by Gasteiger charge is -2.26. The number of benzene rings is 1. The summed E-state index contributed by atoms with van der Waals surface area (Å²) in [5.41, 5.74) is -0.159. The van der Waals surface area contributed by atoms with E-state index >= 15 is 0 Å². The lowest BCUT2D eigenvalue weighted by molar-refractivity contribution is -0.384. The maximum absolute atomic E-state index is 12.1. The number of nitro groups is 1. The minimum atomic E-state index is -1.14. The van der Waals surface area contributed by atoms with Crippen molar-refractivity contribution in [3.8, 4) is 0 Å². The Morgan fingerprint density at radius 2 is 2.07 bits per heavy atom. The van der Waals surface area contributed by atoms with Gasteiger partial charge in [0.2, 0.25) is 5.91 Å². The van der Waals surface area contributed by atoms with E-state index < -0.39 is 22.8 Å². The van der Waals surface area contributed by atoms with Gasteiger partial charge in [-0.1, -0.05) is 11.6 Å². The largest absolute Gasteiger partial charge is 0.480 e. The molecule has 1 aliphatic heterocycles. The summed E-state index contributed by atoms with van der Waals surface area (Å²) in [7, 11) is 0. The smallest absolute Gasteiger partial charge is 0.321 e. The maximum atomic E-state index is 12.1. The van der Waals surface area contributed by atoms with Crippen molar-refractivity contribution in [1.82, 2.24) is 10.2 Å². The number of halogens is 1. The first-order chi connectivity index (χ1) is 13.4. The van der Waals surface area contributed by atoms with Crippen molar-refractivity contribution in [2.24, 2.45) is 0 Å². The Morgan fingerprint density at radius 1 is 1.36 bits per heavy atom. The van der Waals surface area contributed by atoms with Crippen LogP contribution in [0.25, 0.3) is 0 Å². The average Bonchev–Trinajstić information content (AvgIpc) is 2.66. The molecular formula is C17H23ClN4O6. The fraction of sp³-hybridized carbons (Fsp3) is 0.529. The third kappa shape index (κ3) is 7.04. The number of anilines is 1. The van der Waals surface area contributed by atoms with Gasteiger partial charge in [0.1, 0.15) is 11.1 Å². The van der Waals surface area contributed by atoms with Gasteiger partial charge in [0.05, 0.1) is 24.6 Å². The van der Waals surface area contributed by atoms with Crippen LogP contribution in [0, 0.1) is 10.1 Å². The number of hydrogen-bond donors (Lipinski definition) is 3. The van der Waals surface area contributed by atoms with Crippen LogP contribution in [0.4, 0.5) is 11.4 Å². The van der Waals surface area contributed by atoms with Crippen molar-refractivity contribution in [2.75, 3.05) is 44.7 Å². The molecule has 1 saturated heterocycles. The van der Waals surface area contributed by atoms with E-state index in [9.17, 15) is 24.8 Å². The van der Waals surface area contributed by atoms with Gasteiger partial charge in [-0.3, -0.25) is 24.6 Å². The zero-order chi connectivity index (χ0) is 20.5. The highest BCUT2D eigenvalue weighted by Crippen LogP contribution is 2.27. The highest BCUT2D eigenvalue weighted by atomic mass is 35.5. The van der Waals surface area contributed by atoms with Gasteiger partial charge in [-0.2, -0.15) is 0 Å². The molecule has 11 heteroatoms. The monoisotopic (exact) mass is 414 g/mol. The third-order valence-corrected chi connectivity index (χ3v) is 4.58.